The van der Waals surface area contributed by atoms with E-state index in [0.29, 0.717) is 35.8 Å². The second-order valence-corrected chi connectivity index (χ2v) is 7.50. The van der Waals surface area contributed by atoms with Crippen LogP contribution in [0.3, 0.4) is 0 Å². The molecule has 4 nitrogen and oxygen atoms in total. The summed E-state index contributed by atoms with van der Waals surface area (Å²) >= 11 is 0. The zero-order valence-corrected chi connectivity index (χ0v) is 17.2. The highest BCUT2D eigenvalue weighted by Gasteiger charge is 2.42. The van der Waals surface area contributed by atoms with Gasteiger partial charge >= 0.3 is 6.18 Å². The van der Waals surface area contributed by atoms with Gasteiger partial charge in [0, 0.05) is 30.9 Å². The molecule has 0 saturated heterocycles. The molecular formula is C22H25F3N2O2. The van der Waals surface area contributed by atoms with Crippen molar-refractivity contribution in [1.82, 2.24) is 9.47 Å². The van der Waals surface area contributed by atoms with Gasteiger partial charge in [0.1, 0.15) is 11.4 Å². The second kappa shape index (κ2) is 7.28. The predicted molar refractivity (Wildman–Crippen MR) is 107 cm³/mol. The van der Waals surface area contributed by atoms with Crippen LogP contribution in [0.5, 0.6) is 5.75 Å². The summed E-state index contributed by atoms with van der Waals surface area (Å²) < 4.78 is 48.5. The number of hydrogen-bond donors (Lipinski definition) is 0. The molecule has 0 radical (unpaired) electrons. The van der Waals surface area contributed by atoms with Gasteiger partial charge in [-0.25, -0.2) is 0 Å². The molecule has 0 aliphatic carbocycles. The topological polar surface area (TPSA) is 34.5 Å². The van der Waals surface area contributed by atoms with Crippen LogP contribution >= 0.6 is 0 Å². The molecule has 0 spiro atoms. The smallest absolute Gasteiger partial charge is 0.416 e. The Kier molecular flexibility index (Phi) is 5.28. The molecule has 1 aromatic heterocycles. The largest absolute Gasteiger partial charge is 0.481 e. The molecular weight excluding hydrogens is 381 g/mol. The van der Waals surface area contributed by atoms with Crippen molar-refractivity contribution in [3.8, 4) is 5.75 Å². The van der Waals surface area contributed by atoms with Crippen molar-refractivity contribution in [3.05, 3.63) is 69.3 Å². The molecule has 0 N–H and O–H groups in total. The van der Waals surface area contributed by atoms with E-state index in [-0.39, 0.29) is 11.1 Å². The van der Waals surface area contributed by atoms with Crippen LogP contribution in [-0.4, -0.2) is 28.2 Å². The Morgan fingerprint density at radius 1 is 1.10 bits per heavy atom. The molecule has 0 fully saturated rings. The molecule has 156 valence electrons. The normalized spacial score (nSPS) is 15.7. The van der Waals surface area contributed by atoms with Gasteiger partial charge in [-0.05, 0) is 58.4 Å². The number of likely N-dealkylation sites (N-methyl/N-ethyl adjacent to an activating group) is 1. The van der Waals surface area contributed by atoms with Crippen molar-refractivity contribution < 1.29 is 17.9 Å². The molecule has 2 aromatic rings. The number of alkyl halides is 3. The number of nitrogens with zero attached hydrogens (tertiary/aromatic N) is 2. The summed E-state index contributed by atoms with van der Waals surface area (Å²) in [5.41, 5.74) is -0.418. The SMILES string of the molecule is CCN(CC)C1=C(n2ccccc2=O)c2c(ccc(C(F)(F)F)c2C)OC1(C)C. The van der Waals surface area contributed by atoms with E-state index in [0.717, 1.165) is 6.07 Å². The van der Waals surface area contributed by atoms with Crippen LogP contribution in [0.4, 0.5) is 13.2 Å². The maximum absolute atomic E-state index is 13.6. The summed E-state index contributed by atoms with van der Waals surface area (Å²) in [5, 5.41) is 0. The molecule has 0 saturated carbocycles. The highest BCUT2D eigenvalue weighted by molar-refractivity contribution is 5.79. The Bertz CT molecular complexity index is 1020. The van der Waals surface area contributed by atoms with Gasteiger partial charge in [-0.15, -0.1) is 0 Å². The Balaban J connectivity index is 2.50. The third-order valence-electron chi connectivity index (χ3n) is 5.27. The average molecular weight is 406 g/mol. The maximum Gasteiger partial charge on any atom is 0.416 e. The van der Waals surface area contributed by atoms with Crippen molar-refractivity contribution in [2.24, 2.45) is 0 Å². The zero-order valence-electron chi connectivity index (χ0n) is 17.2. The summed E-state index contributed by atoms with van der Waals surface area (Å²) in [5.74, 6) is 0.335. The van der Waals surface area contributed by atoms with Crippen LogP contribution in [0.1, 0.15) is 44.4 Å². The van der Waals surface area contributed by atoms with E-state index >= 15 is 0 Å². The number of ether oxygens (including phenoxy) is 1. The lowest BCUT2D eigenvalue weighted by atomic mass is 9.89. The van der Waals surface area contributed by atoms with Crippen LogP contribution in [0, 0.1) is 6.92 Å². The van der Waals surface area contributed by atoms with Crippen LogP contribution in [0.25, 0.3) is 5.70 Å². The van der Waals surface area contributed by atoms with E-state index < -0.39 is 17.3 Å². The first-order valence-corrected chi connectivity index (χ1v) is 9.60. The maximum atomic E-state index is 13.6. The van der Waals surface area contributed by atoms with Gasteiger partial charge in [0.2, 0.25) is 0 Å². The molecule has 0 amide bonds. The lowest BCUT2D eigenvalue weighted by Gasteiger charge is -2.43. The van der Waals surface area contributed by atoms with Crippen LogP contribution < -0.4 is 10.3 Å². The van der Waals surface area contributed by atoms with Crippen LogP contribution in [0.15, 0.2) is 47.0 Å². The predicted octanol–water partition coefficient (Wildman–Crippen LogP) is 4.91. The van der Waals surface area contributed by atoms with Crippen molar-refractivity contribution in [2.45, 2.75) is 46.4 Å². The van der Waals surface area contributed by atoms with E-state index in [1.165, 1.54) is 23.6 Å². The summed E-state index contributed by atoms with van der Waals surface area (Å²) in [7, 11) is 0. The Hall–Kier alpha value is -2.70. The summed E-state index contributed by atoms with van der Waals surface area (Å²) in [6.07, 6.45) is -2.92. The fourth-order valence-corrected chi connectivity index (χ4v) is 4.02. The number of aromatic nitrogens is 1. The van der Waals surface area contributed by atoms with Gasteiger partial charge in [0.15, 0.2) is 0 Å². The average Bonchev–Trinajstić information content (AvgIpc) is 2.62. The Morgan fingerprint density at radius 2 is 1.76 bits per heavy atom. The highest BCUT2D eigenvalue weighted by atomic mass is 19.4. The minimum Gasteiger partial charge on any atom is -0.481 e. The van der Waals surface area contributed by atoms with Gasteiger partial charge in [-0.2, -0.15) is 13.2 Å². The first-order chi connectivity index (χ1) is 13.5. The minimum atomic E-state index is -4.51. The molecule has 29 heavy (non-hydrogen) atoms. The van der Waals surface area contributed by atoms with Crippen molar-refractivity contribution in [3.63, 3.8) is 0 Å². The molecule has 1 aromatic carbocycles. The van der Waals surface area contributed by atoms with Crippen LogP contribution in [-0.2, 0) is 6.18 Å². The lowest BCUT2D eigenvalue weighted by molar-refractivity contribution is -0.138. The van der Waals surface area contributed by atoms with Gasteiger partial charge < -0.3 is 9.64 Å². The number of pyridine rings is 1. The second-order valence-electron chi connectivity index (χ2n) is 7.50. The molecule has 0 atom stereocenters. The molecule has 3 rings (SSSR count). The number of halogens is 3. The van der Waals surface area contributed by atoms with Crippen molar-refractivity contribution >= 4 is 5.70 Å². The summed E-state index contributed by atoms with van der Waals surface area (Å²) in [4.78, 5) is 14.7. The van der Waals surface area contributed by atoms with E-state index in [1.807, 2.05) is 32.6 Å². The fourth-order valence-electron chi connectivity index (χ4n) is 4.02. The standard InChI is InChI=1S/C22H25F3N2O2/c1-6-26(7-2)20-19(27-13-9-8-10-17(27)28)18-14(3)15(22(23,24)25)11-12-16(18)29-21(20,4)5/h8-13H,6-7H2,1-5H3. The first-order valence-electron chi connectivity index (χ1n) is 9.60. The summed E-state index contributed by atoms with van der Waals surface area (Å²) in [6, 6.07) is 7.09. The summed E-state index contributed by atoms with van der Waals surface area (Å²) in [6.45, 7) is 10.3. The Labute approximate surface area is 168 Å². The molecule has 1 aliphatic rings. The van der Waals surface area contributed by atoms with Crippen LogP contribution in [0.2, 0.25) is 0 Å². The number of rotatable bonds is 4. The quantitative estimate of drug-likeness (QED) is 0.724. The molecule has 0 bridgehead atoms. The first kappa shape index (κ1) is 21.0. The number of hydrogen-bond acceptors (Lipinski definition) is 3. The van der Waals surface area contributed by atoms with Gasteiger partial charge in [0.25, 0.3) is 5.56 Å². The minimum absolute atomic E-state index is 0.0425. The highest BCUT2D eigenvalue weighted by Crippen LogP contribution is 2.46. The van der Waals surface area contributed by atoms with E-state index in [9.17, 15) is 18.0 Å². The fraction of sp³-hybridized carbons (Fsp3) is 0.409. The number of fused-ring (bicyclic) bond motifs is 1. The van der Waals surface area contributed by atoms with Crippen molar-refractivity contribution in [1.29, 1.82) is 0 Å². The van der Waals surface area contributed by atoms with Crippen molar-refractivity contribution in [2.75, 3.05) is 13.1 Å². The van der Waals surface area contributed by atoms with Gasteiger partial charge in [0.05, 0.1) is 17.0 Å². The van der Waals surface area contributed by atoms with E-state index in [4.69, 9.17) is 4.74 Å². The molecule has 1 aliphatic heterocycles. The zero-order chi connectivity index (χ0) is 21.6. The Morgan fingerprint density at radius 3 is 2.31 bits per heavy atom. The lowest BCUT2D eigenvalue weighted by Crippen LogP contribution is -2.45. The van der Waals surface area contributed by atoms with Gasteiger partial charge in [-0.3, -0.25) is 9.36 Å². The monoisotopic (exact) mass is 406 g/mol. The molecule has 2 heterocycles. The van der Waals surface area contributed by atoms with E-state index in [2.05, 4.69) is 0 Å². The molecule has 7 heteroatoms. The number of benzene rings is 1. The third kappa shape index (κ3) is 3.54. The molecule has 0 unspecified atom stereocenters. The van der Waals surface area contributed by atoms with E-state index in [1.54, 1.807) is 18.3 Å². The van der Waals surface area contributed by atoms with Gasteiger partial charge in [-0.1, -0.05) is 6.07 Å². The third-order valence-corrected chi connectivity index (χ3v) is 5.27.